The Bertz CT molecular complexity index is 1980. The average molecular weight is 500 g/mol. The fourth-order valence-electron chi connectivity index (χ4n) is 5.09. The van der Waals surface area contributed by atoms with E-state index in [9.17, 15) is 0 Å². The van der Waals surface area contributed by atoms with E-state index in [1.165, 1.54) is 0 Å². The van der Waals surface area contributed by atoms with Crippen molar-refractivity contribution in [3.63, 3.8) is 0 Å². The number of nitrogens with zero attached hydrogens (tertiary/aromatic N) is 5. The number of fused-ring (bicyclic) bond motifs is 3. The van der Waals surface area contributed by atoms with Crippen LogP contribution < -0.4 is 0 Å². The minimum Gasteiger partial charge on any atom is -0.294 e. The molecule has 7 rings (SSSR count). The second-order valence-electron chi connectivity index (χ2n) is 9.30. The highest BCUT2D eigenvalue weighted by molar-refractivity contribution is 6.08. The number of benzene rings is 3. The zero-order chi connectivity index (χ0) is 26.2. The van der Waals surface area contributed by atoms with Crippen LogP contribution in [-0.2, 0) is 0 Å². The molecular formula is C34H21N5. The molecular weight excluding hydrogens is 478 g/mol. The fourth-order valence-corrected chi connectivity index (χ4v) is 5.09. The Morgan fingerprint density at radius 3 is 2.15 bits per heavy atom. The summed E-state index contributed by atoms with van der Waals surface area (Å²) in [6, 6.07) is 40.6. The minimum atomic E-state index is 0.650. The zero-order valence-electron chi connectivity index (χ0n) is 20.9. The number of nitriles is 1. The SMILES string of the molecule is N#Cc1ccc(-c2cccc(-c3cccc(-c4cccc(-n5c6ccccc6c6cnccc65)n4)n3)c2)cc1. The highest BCUT2D eigenvalue weighted by atomic mass is 15.1. The molecule has 0 saturated carbocycles. The Labute approximate surface area is 225 Å². The molecule has 0 N–H and O–H groups in total. The van der Waals surface area contributed by atoms with E-state index in [1.54, 1.807) is 0 Å². The van der Waals surface area contributed by atoms with E-state index in [1.807, 2.05) is 91.3 Å². The maximum atomic E-state index is 9.11. The number of aromatic nitrogens is 4. The van der Waals surface area contributed by atoms with Crippen LogP contribution in [0.15, 0.2) is 128 Å². The van der Waals surface area contributed by atoms with Crippen molar-refractivity contribution in [1.29, 1.82) is 5.26 Å². The van der Waals surface area contributed by atoms with Crippen molar-refractivity contribution in [2.24, 2.45) is 0 Å². The van der Waals surface area contributed by atoms with Gasteiger partial charge in [-0.3, -0.25) is 9.55 Å². The van der Waals surface area contributed by atoms with Gasteiger partial charge in [-0.05, 0) is 65.7 Å². The second-order valence-corrected chi connectivity index (χ2v) is 9.30. The molecule has 0 amide bonds. The highest BCUT2D eigenvalue weighted by Crippen LogP contribution is 2.32. The van der Waals surface area contributed by atoms with Gasteiger partial charge in [0.25, 0.3) is 0 Å². The van der Waals surface area contributed by atoms with Gasteiger partial charge in [0, 0.05) is 28.7 Å². The van der Waals surface area contributed by atoms with E-state index in [0.717, 1.165) is 61.4 Å². The van der Waals surface area contributed by atoms with Crippen LogP contribution in [0.4, 0.5) is 0 Å². The van der Waals surface area contributed by atoms with Crippen LogP contribution in [0.2, 0.25) is 0 Å². The van der Waals surface area contributed by atoms with Crippen molar-refractivity contribution >= 4 is 21.8 Å². The molecule has 0 atom stereocenters. The zero-order valence-corrected chi connectivity index (χ0v) is 20.9. The van der Waals surface area contributed by atoms with E-state index >= 15 is 0 Å². The molecule has 0 fully saturated rings. The standard InChI is InChI=1S/C34H21N5/c35-21-23-14-16-24(17-15-23)25-6-3-7-26(20-25)29-9-4-10-30(37-29)31-11-5-13-34(38-31)39-32-12-2-1-8-27(32)28-22-36-19-18-33(28)39/h1-20,22H. The smallest absolute Gasteiger partial charge is 0.138 e. The Morgan fingerprint density at radius 1 is 0.564 bits per heavy atom. The number of hydrogen-bond acceptors (Lipinski definition) is 4. The van der Waals surface area contributed by atoms with Gasteiger partial charge in [0.2, 0.25) is 0 Å². The molecule has 0 saturated heterocycles. The lowest BCUT2D eigenvalue weighted by atomic mass is 10.0. The third-order valence-corrected chi connectivity index (χ3v) is 6.95. The van der Waals surface area contributed by atoms with Crippen molar-refractivity contribution in [3.05, 3.63) is 133 Å². The predicted molar refractivity (Wildman–Crippen MR) is 155 cm³/mol. The first-order valence-corrected chi connectivity index (χ1v) is 12.7. The summed E-state index contributed by atoms with van der Waals surface area (Å²) in [4.78, 5) is 14.4. The maximum Gasteiger partial charge on any atom is 0.138 e. The lowest BCUT2D eigenvalue weighted by Crippen LogP contribution is -1.99. The Hall–Kier alpha value is -5.60. The Morgan fingerprint density at radius 2 is 1.28 bits per heavy atom. The molecule has 0 aliphatic carbocycles. The quantitative estimate of drug-likeness (QED) is 0.247. The topological polar surface area (TPSA) is 67.4 Å². The van der Waals surface area contributed by atoms with Crippen LogP contribution in [0.5, 0.6) is 0 Å². The van der Waals surface area contributed by atoms with Crippen molar-refractivity contribution in [2.45, 2.75) is 0 Å². The van der Waals surface area contributed by atoms with Crippen molar-refractivity contribution in [3.8, 4) is 45.7 Å². The fraction of sp³-hybridized carbons (Fsp3) is 0. The summed E-state index contributed by atoms with van der Waals surface area (Å²) in [6.45, 7) is 0. The molecule has 182 valence electrons. The maximum absolute atomic E-state index is 9.11. The Kier molecular flexibility index (Phi) is 5.42. The largest absolute Gasteiger partial charge is 0.294 e. The molecule has 0 aliphatic rings. The third kappa shape index (κ3) is 4.01. The van der Waals surface area contributed by atoms with Crippen LogP contribution in [-0.4, -0.2) is 19.5 Å². The van der Waals surface area contributed by atoms with E-state index < -0.39 is 0 Å². The van der Waals surface area contributed by atoms with Gasteiger partial charge in [0.15, 0.2) is 0 Å². The van der Waals surface area contributed by atoms with Crippen molar-refractivity contribution < 1.29 is 0 Å². The number of rotatable bonds is 4. The molecule has 4 heterocycles. The molecule has 7 aromatic rings. The van der Waals surface area contributed by atoms with Crippen molar-refractivity contribution in [1.82, 2.24) is 19.5 Å². The van der Waals surface area contributed by atoms with Crippen LogP contribution in [0, 0.1) is 11.3 Å². The van der Waals surface area contributed by atoms with Gasteiger partial charge in [-0.25, -0.2) is 9.97 Å². The normalized spacial score (nSPS) is 11.1. The van der Waals surface area contributed by atoms with Gasteiger partial charge in [0.05, 0.1) is 39.7 Å². The lowest BCUT2D eigenvalue weighted by Gasteiger charge is -2.10. The van der Waals surface area contributed by atoms with Gasteiger partial charge in [-0.15, -0.1) is 0 Å². The van der Waals surface area contributed by atoms with Crippen molar-refractivity contribution in [2.75, 3.05) is 0 Å². The first kappa shape index (κ1) is 22.6. The number of para-hydroxylation sites is 1. The monoisotopic (exact) mass is 499 g/mol. The molecule has 0 aliphatic heterocycles. The van der Waals surface area contributed by atoms with E-state index in [-0.39, 0.29) is 0 Å². The van der Waals surface area contributed by atoms with Gasteiger partial charge >= 0.3 is 0 Å². The van der Waals surface area contributed by atoms with E-state index in [0.29, 0.717) is 5.56 Å². The number of pyridine rings is 3. The van der Waals surface area contributed by atoms with E-state index in [2.05, 4.69) is 52.0 Å². The van der Waals surface area contributed by atoms with Crippen LogP contribution >= 0.6 is 0 Å². The third-order valence-electron chi connectivity index (χ3n) is 6.95. The minimum absolute atomic E-state index is 0.650. The Balaban J connectivity index is 1.29. The first-order chi connectivity index (χ1) is 19.3. The molecule has 0 spiro atoms. The van der Waals surface area contributed by atoms with Gasteiger partial charge in [0.1, 0.15) is 5.82 Å². The predicted octanol–water partition coefficient (Wildman–Crippen LogP) is 7.84. The summed E-state index contributed by atoms with van der Waals surface area (Å²) in [7, 11) is 0. The molecule has 0 unspecified atom stereocenters. The van der Waals surface area contributed by atoms with E-state index in [4.69, 9.17) is 15.2 Å². The second kappa shape index (κ2) is 9.37. The van der Waals surface area contributed by atoms with Gasteiger partial charge in [-0.1, -0.05) is 60.7 Å². The van der Waals surface area contributed by atoms with Crippen LogP contribution in [0.1, 0.15) is 5.56 Å². The van der Waals surface area contributed by atoms with Gasteiger partial charge < -0.3 is 0 Å². The summed E-state index contributed by atoms with van der Waals surface area (Å²) < 4.78 is 2.18. The van der Waals surface area contributed by atoms with Crippen LogP contribution in [0.25, 0.3) is 61.4 Å². The molecule has 0 radical (unpaired) electrons. The average Bonchev–Trinajstić information content (AvgIpc) is 3.36. The van der Waals surface area contributed by atoms with Gasteiger partial charge in [-0.2, -0.15) is 5.26 Å². The first-order valence-electron chi connectivity index (χ1n) is 12.7. The number of hydrogen-bond donors (Lipinski definition) is 0. The highest BCUT2D eigenvalue weighted by Gasteiger charge is 2.14. The summed E-state index contributed by atoms with van der Waals surface area (Å²) in [5.74, 6) is 0.833. The summed E-state index contributed by atoms with van der Waals surface area (Å²) in [6.07, 6.45) is 3.73. The molecule has 0 bridgehead atoms. The summed E-state index contributed by atoms with van der Waals surface area (Å²) in [5.41, 5.74) is 8.44. The summed E-state index contributed by atoms with van der Waals surface area (Å²) >= 11 is 0. The molecule has 39 heavy (non-hydrogen) atoms. The molecule has 3 aromatic carbocycles. The summed E-state index contributed by atoms with van der Waals surface area (Å²) in [5, 5.41) is 11.4. The van der Waals surface area contributed by atoms with Crippen LogP contribution in [0.3, 0.4) is 0 Å². The molecule has 5 heteroatoms. The molecule has 5 nitrogen and oxygen atoms in total. The molecule has 4 aromatic heterocycles. The lowest BCUT2D eigenvalue weighted by molar-refractivity contribution is 1.08.